The van der Waals surface area contributed by atoms with Crippen molar-refractivity contribution < 1.29 is 13.2 Å². The molecule has 1 aromatic rings. The normalized spacial score (nSPS) is 23.5. The van der Waals surface area contributed by atoms with E-state index in [-0.39, 0.29) is 4.90 Å². The zero-order valence-corrected chi connectivity index (χ0v) is 15.0. The molecule has 4 nitrogen and oxygen atoms in total. The first-order valence-corrected chi connectivity index (χ1v) is 9.59. The lowest BCUT2D eigenvalue weighted by molar-refractivity contribution is 0.222. The molecule has 1 fully saturated rings. The zero-order valence-electron chi connectivity index (χ0n) is 13.4. The topological polar surface area (TPSA) is 46.6 Å². The minimum Gasteiger partial charge on any atom is -0.492 e. The molecule has 0 bridgehead atoms. The monoisotopic (exact) mass is 345 g/mol. The van der Waals surface area contributed by atoms with Crippen LogP contribution in [-0.2, 0) is 10.0 Å². The fraction of sp³-hybridized carbons (Fsp3) is 0.625. The van der Waals surface area contributed by atoms with Crippen molar-refractivity contribution in [1.82, 2.24) is 4.31 Å². The van der Waals surface area contributed by atoms with Crippen molar-refractivity contribution >= 4 is 21.6 Å². The van der Waals surface area contributed by atoms with Crippen LogP contribution < -0.4 is 4.74 Å². The molecule has 6 heteroatoms. The van der Waals surface area contributed by atoms with Crippen molar-refractivity contribution in [3.8, 4) is 5.75 Å². The Morgan fingerprint density at radius 2 is 1.91 bits per heavy atom. The predicted octanol–water partition coefficient (Wildman–Crippen LogP) is 3.80. The van der Waals surface area contributed by atoms with Gasteiger partial charge in [-0.3, -0.25) is 0 Å². The molecular formula is C16H24ClNO3S. The van der Waals surface area contributed by atoms with E-state index < -0.39 is 10.0 Å². The maximum atomic E-state index is 12.8. The van der Waals surface area contributed by atoms with Gasteiger partial charge in [0.05, 0.1) is 16.5 Å². The van der Waals surface area contributed by atoms with Crippen LogP contribution in [0, 0.1) is 11.8 Å². The van der Waals surface area contributed by atoms with Crippen LogP contribution in [0.2, 0.25) is 5.02 Å². The lowest BCUT2D eigenvalue weighted by Gasteiger charge is -2.34. The van der Waals surface area contributed by atoms with E-state index in [9.17, 15) is 8.42 Å². The molecule has 22 heavy (non-hydrogen) atoms. The van der Waals surface area contributed by atoms with Gasteiger partial charge in [0.2, 0.25) is 10.0 Å². The molecule has 0 radical (unpaired) electrons. The van der Waals surface area contributed by atoms with E-state index in [1.54, 1.807) is 16.4 Å². The molecule has 0 amide bonds. The summed E-state index contributed by atoms with van der Waals surface area (Å²) in [6.45, 7) is 7.83. The van der Waals surface area contributed by atoms with Gasteiger partial charge in [0.1, 0.15) is 5.75 Å². The fourth-order valence-corrected chi connectivity index (χ4v) is 4.79. The third kappa shape index (κ3) is 3.94. The molecule has 1 aliphatic heterocycles. The molecule has 0 aliphatic carbocycles. The largest absolute Gasteiger partial charge is 0.492 e. The second-order valence-corrected chi connectivity index (χ2v) is 8.55. The van der Waals surface area contributed by atoms with Crippen LogP contribution in [0.5, 0.6) is 5.75 Å². The van der Waals surface area contributed by atoms with E-state index in [0.29, 0.717) is 42.3 Å². The Morgan fingerprint density at radius 3 is 2.50 bits per heavy atom. The highest BCUT2D eigenvalue weighted by Crippen LogP contribution is 2.31. The van der Waals surface area contributed by atoms with Gasteiger partial charge < -0.3 is 4.74 Å². The van der Waals surface area contributed by atoms with Crippen molar-refractivity contribution in [1.29, 1.82) is 0 Å². The van der Waals surface area contributed by atoms with Gasteiger partial charge in [0.15, 0.2) is 0 Å². The number of hydrogen-bond acceptors (Lipinski definition) is 3. The fourth-order valence-electron chi connectivity index (χ4n) is 2.92. The highest BCUT2D eigenvalue weighted by atomic mass is 35.5. The molecule has 1 aromatic carbocycles. The SMILES string of the molecule is CCCOc1cc(S(=O)(=O)N2CC(C)CC(C)C2)ccc1Cl. The molecule has 2 unspecified atom stereocenters. The summed E-state index contributed by atoms with van der Waals surface area (Å²) < 4.78 is 32.8. The van der Waals surface area contributed by atoms with E-state index in [1.165, 1.54) is 6.07 Å². The molecule has 0 spiro atoms. The van der Waals surface area contributed by atoms with Crippen molar-refractivity contribution in [2.45, 2.75) is 38.5 Å². The van der Waals surface area contributed by atoms with Crippen LogP contribution >= 0.6 is 11.6 Å². The third-order valence-electron chi connectivity index (χ3n) is 3.84. The van der Waals surface area contributed by atoms with Crippen molar-refractivity contribution in [2.24, 2.45) is 11.8 Å². The molecular weight excluding hydrogens is 322 g/mol. The van der Waals surface area contributed by atoms with Crippen molar-refractivity contribution in [2.75, 3.05) is 19.7 Å². The van der Waals surface area contributed by atoms with Crippen LogP contribution in [0.3, 0.4) is 0 Å². The molecule has 124 valence electrons. The number of hydrogen-bond donors (Lipinski definition) is 0. The average molecular weight is 346 g/mol. The number of benzene rings is 1. The quantitative estimate of drug-likeness (QED) is 0.815. The molecule has 1 aliphatic rings. The maximum absolute atomic E-state index is 12.8. The second-order valence-electron chi connectivity index (χ2n) is 6.21. The number of sulfonamides is 1. The Balaban J connectivity index is 2.29. The van der Waals surface area contributed by atoms with Gasteiger partial charge in [-0.25, -0.2) is 8.42 Å². The van der Waals surface area contributed by atoms with Gasteiger partial charge in [0, 0.05) is 19.2 Å². The van der Waals surface area contributed by atoms with E-state index in [0.717, 1.165) is 12.8 Å². The lowest BCUT2D eigenvalue weighted by atomic mass is 9.94. The van der Waals surface area contributed by atoms with Crippen LogP contribution in [0.25, 0.3) is 0 Å². The Bertz CT molecular complexity index is 608. The summed E-state index contributed by atoms with van der Waals surface area (Å²) in [5.41, 5.74) is 0. The summed E-state index contributed by atoms with van der Waals surface area (Å²) in [5, 5.41) is 0.438. The molecule has 2 rings (SSSR count). The highest BCUT2D eigenvalue weighted by molar-refractivity contribution is 7.89. The lowest BCUT2D eigenvalue weighted by Crippen LogP contribution is -2.42. The minimum absolute atomic E-state index is 0.254. The summed E-state index contributed by atoms with van der Waals surface area (Å²) in [5.74, 6) is 1.19. The van der Waals surface area contributed by atoms with Crippen LogP contribution in [-0.4, -0.2) is 32.4 Å². The maximum Gasteiger partial charge on any atom is 0.243 e. The number of nitrogens with zero attached hydrogens (tertiary/aromatic N) is 1. The summed E-state index contributed by atoms with van der Waals surface area (Å²) >= 11 is 6.08. The van der Waals surface area contributed by atoms with Gasteiger partial charge in [-0.05, 0) is 36.8 Å². The Kier molecular flexibility index (Phi) is 5.75. The number of rotatable bonds is 5. The van der Waals surface area contributed by atoms with E-state index in [2.05, 4.69) is 13.8 Å². The number of ether oxygens (including phenoxy) is 1. The van der Waals surface area contributed by atoms with E-state index >= 15 is 0 Å². The molecule has 1 heterocycles. The van der Waals surface area contributed by atoms with Crippen LogP contribution in [0.1, 0.15) is 33.6 Å². The number of piperidine rings is 1. The van der Waals surface area contributed by atoms with Gasteiger partial charge in [-0.1, -0.05) is 32.4 Å². The summed E-state index contributed by atoms with van der Waals surface area (Å²) in [4.78, 5) is 0.254. The minimum atomic E-state index is -3.50. The van der Waals surface area contributed by atoms with E-state index in [1.807, 2.05) is 6.92 Å². The molecule has 0 aromatic heterocycles. The molecule has 0 saturated carbocycles. The molecule has 0 N–H and O–H groups in total. The summed E-state index contributed by atoms with van der Waals surface area (Å²) in [7, 11) is -3.50. The summed E-state index contributed by atoms with van der Waals surface area (Å²) in [6.07, 6.45) is 1.91. The van der Waals surface area contributed by atoms with Gasteiger partial charge in [-0.2, -0.15) is 4.31 Å². The molecule has 2 atom stereocenters. The Hall–Kier alpha value is -0.780. The van der Waals surface area contributed by atoms with E-state index in [4.69, 9.17) is 16.3 Å². The van der Waals surface area contributed by atoms with Gasteiger partial charge in [-0.15, -0.1) is 0 Å². The standard InChI is InChI=1S/C16H24ClNO3S/c1-4-7-21-16-9-14(5-6-15(16)17)22(19,20)18-10-12(2)8-13(3)11-18/h5-6,9,12-13H,4,7-8,10-11H2,1-3H3. The Labute approximate surface area is 138 Å². The zero-order chi connectivity index (χ0) is 16.3. The first-order chi connectivity index (χ1) is 10.3. The summed E-state index contributed by atoms with van der Waals surface area (Å²) in [6, 6.07) is 4.69. The second kappa shape index (κ2) is 7.20. The van der Waals surface area contributed by atoms with Gasteiger partial charge >= 0.3 is 0 Å². The molecule has 1 saturated heterocycles. The van der Waals surface area contributed by atoms with Gasteiger partial charge in [0.25, 0.3) is 0 Å². The smallest absolute Gasteiger partial charge is 0.243 e. The Morgan fingerprint density at radius 1 is 1.27 bits per heavy atom. The third-order valence-corrected chi connectivity index (χ3v) is 5.98. The van der Waals surface area contributed by atoms with Crippen molar-refractivity contribution in [3.63, 3.8) is 0 Å². The average Bonchev–Trinajstić information content (AvgIpc) is 2.45. The first-order valence-electron chi connectivity index (χ1n) is 7.77. The first kappa shape index (κ1) is 17.6. The van der Waals surface area contributed by atoms with Crippen LogP contribution in [0.4, 0.5) is 0 Å². The van der Waals surface area contributed by atoms with Crippen LogP contribution in [0.15, 0.2) is 23.1 Å². The van der Waals surface area contributed by atoms with Crippen molar-refractivity contribution in [3.05, 3.63) is 23.2 Å². The predicted molar refractivity (Wildman–Crippen MR) is 88.9 cm³/mol. The number of halogens is 1. The highest BCUT2D eigenvalue weighted by Gasteiger charge is 2.32.